The van der Waals surface area contributed by atoms with Gasteiger partial charge in [-0.25, -0.2) is 4.98 Å². The molecule has 32 heavy (non-hydrogen) atoms. The zero-order valence-electron chi connectivity index (χ0n) is 19.2. The topological polar surface area (TPSA) is 85.3 Å². The molecule has 1 saturated heterocycles. The molecule has 0 spiro atoms. The summed E-state index contributed by atoms with van der Waals surface area (Å²) < 4.78 is 12.8. The average Bonchev–Trinajstić information content (AvgIpc) is 3.51. The second-order valence-corrected chi connectivity index (χ2v) is 8.37. The maximum Gasteiger partial charge on any atom is 0.255 e. The van der Waals surface area contributed by atoms with Crippen molar-refractivity contribution in [3.63, 3.8) is 0 Å². The summed E-state index contributed by atoms with van der Waals surface area (Å²) in [6.45, 7) is 7.14. The first kappa shape index (κ1) is 22.2. The van der Waals surface area contributed by atoms with Gasteiger partial charge in [-0.1, -0.05) is 30.3 Å². The van der Waals surface area contributed by atoms with E-state index in [1.807, 2.05) is 55.1 Å². The molecule has 1 aromatic carbocycles. The number of likely N-dealkylation sites (tertiary alicyclic amines) is 1. The Morgan fingerprint density at radius 1 is 1.16 bits per heavy atom. The Kier molecular flexibility index (Phi) is 6.72. The van der Waals surface area contributed by atoms with Crippen LogP contribution >= 0.6 is 0 Å². The highest BCUT2D eigenvalue weighted by atomic mass is 16.5. The number of carbonyl (C=O) groups excluding carboxylic acids is 1. The molecule has 1 fully saturated rings. The molecule has 8 nitrogen and oxygen atoms in total. The zero-order valence-corrected chi connectivity index (χ0v) is 19.2. The van der Waals surface area contributed by atoms with Crippen LogP contribution in [0.2, 0.25) is 0 Å². The number of methoxy groups -OCH3 is 2. The van der Waals surface area contributed by atoms with Crippen LogP contribution in [0, 0.1) is 19.8 Å². The summed E-state index contributed by atoms with van der Waals surface area (Å²) in [6.07, 6.45) is 0. The number of carbonyl (C=O) groups is 1. The minimum absolute atomic E-state index is 0.0424. The fourth-order valence-electron chi connectivity index (χ4n) is 4.60. The van der Waals surface area contributed by atoms with Crippen molar-refractivity contribution in [2.75, 3.05) is 40.5 Å². The van der Waals surface area contributed by atoms with Crippen molar-refractivity contribution in [1.29, 1.82) is 0 Å². The number of benzene rings is 1. The number of nitrogens with zero attached hydrogens (tertiary/aromatic N) is 4. The van der Waals surface area contributed by atoms with Crippen LogP contribution in [0.15, 0.2) is 36.4 Å². The molecule has 170 valence electrons. The molecule has 0 saturated carbocycles. The second-order valence-electron chi connectivity index (χ2n) is 8.37. The van der Waals surface area contributed by atoms with Gasteiger partial charge in [0.25, 0.3) is 5.91 Å². The molecule has 1 amide bonds. The highest BCUT2D eigenvalue weighted by Gasteiger charge is 2.39. The Morgan fingerprint density at radius 3 is 2.66 bits per heavy atom. The van der Waals surface area contributed by atoms with E-state index in [4.69, 9.17) is 14.5 Å². The van der Waals surface area contributed by atoms with Crippen LogP contribution in [0.25, 0.3) is 11.4 Å². The highest BCUT2D eigenvalue weighted by Crippen LogP contribution is 2.33. The van der Waals surface area contributed by atoms with Gasteiger partial charge < -0.3 is 18.9 Å². The van der Waals surface area contributed by atoms with Crippen molar-refractivity contribution in [2.45, 2.75) is 26.3 Å². The van der Waals surface area contributed by atoms with Gasteiger partial charge >= 0.3 is 0 Å². The van der Waals surface area contributed by atoms with Crippen molar-refractivity contribution in [3.8, 4) is 11.4 Å². The predicted octanol–water partition coefficient (Wildman–Crippen LogP) is 3.04. The van der Waals surface area contributed by atoms with Crippen LogP contribution in [0.1, 0.15) is 33.5 Å². The molecule has 3 aromatic rings. The molecular weight excluding hydrogens is 406 g/mol. The van der Waals surface area contributed by atoms with Crippen LogP contribution in [0.4, 0.5) is 0 Å². The Bertz CT molecular complexity index is 1060. The first-order valence-corrected chi connectivity index (χ1v) is 10.9. The molecule has 1 N–H and O–H groups in total. The molecule has 0 unspecified atom stereocenters. The number of aromatic nitrogens is 4. The first-order chi connectivity index (χ1) is 15.5. The van der Waals surface area contributed by atoms with Gasteiger partial charge in [0.2, 0.25) is 0 Å². The number of nitrogens with one attached hydrogen (secondary N) is 1. The van der Waals surface area contributed by atoms with E-state index in [9.17, 15) is 4.79 Å². The Balaban J connectivity index is 1.55. The van der Waals surface area contributed by atoms with E-state index in [0.29, 0.717) is 32.1 Å². The molecule has 0 radical (unpaired) electrons. The summed E-state index contributed by atoms with van der Waals surface area (Å²) in [7, 11) is 3.38. The minimum Gasteiger partial charge on any atom is -0.384 e. The SMILES string of the molecule is COCCn1c(C)cc(C(=O)N2C[C@@H](COC)[C@H](c3nc(-c4ccccc4)n[nH]3)C2)c1C. The number of H-pyrrole nitrogens is 1. The van der Waals surface area contributed by atoms with Gasteiger partial charge in [0.05, 0.1) is 18.8 Å². The zero-order chi connectivity index (χ0) is 22.7. The standard InChI is InChI=1S/C24H31N5O3/c1-16-12-20(17(2)29(16)10-11-31-3)24(30)28-13-19(15-32-4)21(14-28)23-25-22(26-27-23)18-8-6-5-7-9-18/h5-9,12,19,21H,10-11,13-15H2,1-4H3,(H,25,26,27)/t19-,21+/m0/s1. The molecule has 2 aromatic heterocycles. The van der Waals surface area contributed by atoms with E-state index in [0.717, 1.165) is 34.9 Å². The molecule has 2 atom stereocenters. The van der Waals surface area contributed by atoms with Crippen LogP contribution in [0.5, 0.6) is 0 Å². The molecule has 0 bridgehead atoms. The molecular formula is C24H31N5O3. The van der Waals surface area contributed by atoms with Crippen molar-refractivity contribution in [2.24, 2.45) is 5.92 Å². The second kappa shape index (κ2) is 9.67. The Labute approximate surface area is 188 Å². The Morgan fingerprint density at radius 2 is 1.94 bits per heavy atom. The number of aromatic amines is 1. The van der Waals surface area contributed by atoms with E-state index in [2.05, 4.69) is 14.8 Å². The van der Waals surface area contributed by atoms with Crippen molar-refractivity contribution in [3.05, 3.63) is 59.2 Å². The smallest absolute Gasteiger partial charge is 0.255 e. The van der Waals surface area contributed by atoms with Gasteiger partial charge in [-0.15, -0.1) is 0 Å². The fraction of sp³-hybridized carbons (Fsp3) is 0.458. The lowest BCUT2D eigenvalue weighted by atomic mass is 9.96. The lowest BCUT2D eigenvalue weighted by Crippen LogP contribution is -2.29. The summed E-state index contributed by atoms with van der Waals surface area (Å²) in [5, 5.41) is 7.52. The van der Waals surface area contributed by atoms with Gasteiger partial charge in [0, 0.05) is 62.6 Å². The number of hydrogen-bond acceptors (Lipinski definition) is 5. The van der Waals surface area contributed by atoms with E-state index in [1.165, 1.54) is 0 Å². The summed E-state index contributed by atoms with van der Waals surface area (Å²) in [5.74, 6) is 1.71. The third kappa shape index (κ3) is 4.33. The molecule has 1 aliphatic rings. The quantitative estimate of drug-likeness (QED) is 0.586. The van der Waals surface area contributed by atoms with E-state index in [-0.39, 0.29) is 17.7 Å². The lowest BCUT2D eigenvalue weighted by molar-refractivity contribution is 0.0774. The normalized spacial score (nSPS) is 18.4. The predicted molar refractivity (Wildman–Crippen MR) is 122 cm³/mol. The van der Waals surface area contributed by atoms with Crippen LogP contribution in [-0.2, 0) is 16.0 Å². The third-order valence-electron chi connectivity index (χ3n) is 6.32. The largest absolute Gasteiger partial charge is 0.384 e. The molecule has 4 rings (SSSR count). The van der Waals surface area contributed by atoms with Gasteiger partial charge in [0.15, 0.2) is 5.82 Å². The van der Waals surface area contributed by atoms with Gasteiger partial charge in [-0.05, 0) is 19.9 Å². The summed E-state index contributed by atoms with van der Waals surface area (Å²) >= 11 is 0. The number of rotatable bonds is 8. The van der Waals surface area contributed by atoms with E-state index < -0.39 is 0 Å². The Hall–Kier alpha value is -2.97. The van der Waals surface area contributed by atoms with Gasteiger partial charge in [0.1, 0.15) is 5.82 Å². The number of aryl methyl sites for hydroxylation is 1. The third-order valence-corrected chi connectivity index (χ3v) is 6.32. The maximum absolute atomic E-state index is 13.5. The van der Waals surface area contributed by atoms with Crippen molar-refractivity contribution < 1.29 is 14.3 Å². The van der Waals surface area contributed by atoms with E-state index in [1.54, 1.807) is 14.2 Å². The maximum atomic E-state index is 13.5. The number of ether oxygens (including phenoxy) is 2. The molecule has 3 heterocycles. The molecule has 1 aliphatic heterocycles. The lowest BCUT2D eigenvalue weighted by Gasteiger charge is -2.16. The average molecular weight is 438 g/mol. The summed E-state index contributed by atoms with van der Waals surface area (Å²) in [6, 6.07) is 11.9. The highest BCUT2D eigenvalue weighted by molar-refractivity contribution is 5.96. The van der Waals surface area contributed by atoms with Crippen LogP contribution < -0.4 is 0 Å². The summed E-state index contributed by atoms with van der Waals surface area (Å²) in [5.41, 5.74) is 3.75. The van der Waals surface area contributed by atoms with Gasteiger partial charge in [-0.3, -0.25) is 9.89 Å². The molecule has 0 aliphatic carbocycles. The van der Waals surface area contributed by atoms with Crippen LogP contribution in [0.3, 0.4) is 0 Å². The molecule has 8 heteroatoms. The number of hydrogen-bond donors (Lipinski definition) is 1. The van der Waals surface area contributed by atoms with Crippen molar-refractivity contribution >= 4 is 5.91 Å². The van der Waals surface area contributed by atoms with E-state index >= 15 is 0 Å². The first-order valence-electron chi connectivity index (χ1n) is 10.9. The monoisotopic (exact) mass is 437 g/mol. The van der Waals surface area contributed by atoms with Crippen molar-refractivity contribution in [1.82, 2.24) is 24.6 Å². The van der Waals surface area contributed by atoms with Crippen LogP contribution in [-0.4, -0.2) is 71.1 Å². The summed E-state index contributed by atoms with van der Waals surface area (Å²) in [4.78, 5) is 20.1. The fourth-order valence-corrected chi connectivity index (χ4v) is 4.60. The van der Waals surface area contributed by atoms with Gasteiger partial charge in [-0.2, -0.15) is 5.10 Å². The minimum atomic E-state index is 0.0424. The number of amides is 1.